The summed E-state index contributed by atoms with van der Waals surface area (Å²) in [5.74, 6) is 1.13. The normalized spacial score (nSPS) is 22.0. The maximum absolute atomic E-state index is 12.7. The zero-order valence-corrected chi connectivity index (χ0v) is 22.7. The molecule has 3 rings (SSSR count). The molecular formula is C23H32Cl3N3O4S. The lowest BCUT2D eigenvalue weighted by molar-refractivity contribution is -0.149. The van der Waals surface area contributed by atoms with Crippen LogP contribution in [0.15, 0.2) is 12.1 Å². The van der Waals surface area contributed by atoms with Crippen molar-refractivity contribution in [3.63, 3.8) is 0 Å². The number of amides is 1. The van der Waals surface area contributed by atoms with E-state index < -0.39 is 0 Å². The number of piperazine rings is 1. The first kappa shape index (κ1) is 27.7. The van der Waals surface area contributed by atoms with E-state index >= 15 is 0 Å². The fourth-order valence-electron chi connectivity index (χ4n) is 4.26. The Morgan fingerprint density at radius 3 is 2.59 bits per heavy atom. The van der Waals surface area contributed by atoms with Gasteiger partial charge in [-0.3, -0.25) is 9.59 Å². The number of benzene rings is 1. The zero-order chi connectivity index (χ0) is 24.7. The number of carbonyl (C=O) groups is 2. The highest BCUT2D eigenvalue weighted by molar-refractivity contribution is 7.97. The lowest BCUT2D eigenvalue weighted by Gasteiger charge is -2.39. The first-order valence-electron chi connectivity index (χ1n) is 11.6. The van der Waals surface area contributed by atoms with Gasteiger partial charge in [0.05, 0.1) is 27.6 Å². The van der Waals surface area contributed by atoms with Crippen molar-refractivity contribution in [2.45, 2.75) is 32.7 Å². The van der Waals surface area contributed by atoms with Crippen molar-refractivity contribution in [2.75, 3.05) is 58.2 Å². The fourth-order valence-corrected chi connectivity index (χ4v) is 5.98. The van der Waals surface area contributed by atoms with E-state index in [2.05, 4.69) is 9.21 Å². The van der Waals surface area contributed by atoms with Crippen molar-refractivity contribution in [3.8, 4) is 5.75 Å². The van der Waals surface area contributed by atoms with Crippen LogP contribution in [0.25, 0.3) is 0 Å². The van der Waals surface area contributed by atoms with Crippen LogP contribution in [0.4, 0.5) is 0 Å². The highest BCUT2D eigenvalue weighted by atomic mass is 35.5. The first-order chi connectivity index (χ1) is 16.3. The summed E-state index contributed by atoms with van der Waals surface area (Å²) in [5, 5.41) is 0.985. The standard InChI is InChI=1S/C23H32Cl3N3O4S/c1-3-32-23(31)17-5-4-6-27(14-17)9-10-34-28-7-8-29(16(2)13-28)22(30)15-33-21-12-19(25)18(24)11-20(21)26/h11-12,16-17H,3-10,13-15H2,1-2H3/t16-,17?/m0/s1. The smallest absolute Gasteiger partial charge is 0.310 e. The van der Waals surface area contributed by atoms with Gasteiger partial charge in [-0.2, -0.15) is 0 Å². The number of esters is 1. The van der Waals surface area contributed by atoms with E-state index in [0.29, 0.717) is 34.0 Å². The molecule has 0 aliphatic carbocycles. The van der Waals surface area contributed by atoms with Crippen molar-refractivity contribution in [1.29, 1.82) is 0 Å². The number of hydrogen-bond donors (Lipinski definition) is 0. The Bertz CT molecular complexity index is 863. The maximum atomic E-state index is 12.7. The third-order valence-corrected chi connectivity index (χ3v) is 8.12. The molecule has 1 unspecified atom stereocenters. The minimum absolute atomic E-state index is 0.00530. The van der Waals surface area contributed by atoms with E-state index in [1.807, 2.05) is 18.7 Å². The predicted molar refractivity (Wildman–Crippen MR) is 138 cm³/mol. The Hall–Kier alpha value is -0.900. The van der Waals surface area contributed by atoms with Crippen LogP contribution in [0.5, 0.6) is 5.75 Å². The summed E-state index contributed by atoms with van der Waals surface area (Å²) in [6, 6.07) is 3.10. The molecule has 1 amide bonds. The Morgan fingerprint density at radius 1 is 1.09 bits per heavy atom. The number of piperidine rings is 1. The Morgan fingerprint density at radius 2 is 1.85 bits per heavy atom. The molecule has 2 atom stereocenters. The summed E-state index contributed by atoms with van der Waals surface area (Å²) in [5.41, 5.74) is 0. The Labute approximate surface area is 221 Å². The van der Waals surface area contributed by atoms with E-state index in [1.54, 1.807) is 11.9 Å². The maximum Gasteiger partial charge on any atom is 0.310 e. The number of halogens is 3. The molecular weight excluding hydrogens is 521 g/mol. The van der Waals surface area contributed by atoms with Gasteiger partial charge in [-0.1, -0.05) is 46.8 Å². The molecule has 0 bridgehead atoms. The molecule has 11 heteroatoms. The van der Waals surface area contributed by atoms with E-state index in [1.165, 1.54) is 12.1 Å². The quantitative estimate of drug-likeness (QED) is 0.254. The van der Waals surface area contributed by atoms with Gasteiger partial charge in [-0.15, -0.1) is 0 Å². The Balaban J connectivity index is 1.38. The second-order valence-corrected chi connectivity index (χ2v) is 10.9. The number of nitrogens with zero attached hydrogens (tertiary/aromatic N) is 3. The minimum atomic E-state index is -0.105. The van der Waals surface area contributed by atoms with Gasteiger partial charge in [0.15, 0.2) is 6.61 Å². The lowest BCUT2D eigenvalue weighted by atomic mass is 9.98. The van der Waals surface area contributed by atoms with Gasteiger partial charge in [-0.25, -0.2) is 4.31 Å². The van der Waals surface area contributed by atoms with E-state index in [9.17, 15) is 9.59 Å². The summed E-state index contributed by atoms with van der Waals surface area (Å²) >= 11 is 19.9. The molecule has 0 radical (unpaired) electrons. The van der Waals surface area contributed by atoms with Crippen LogP contribution in [0.2, 0.25) is 15.1 Å². The lowest BCUT2D eigenvalue weighted by Crippen LogP contribution is -2.53. The van der Waals surface area contributed by atoms with Crippen LogP contribution >= 0.6 is 46.8 Å². The van der Waals surface area contributed by atoms with Crippen LogP contribution in [-0.2, 0) is 14.3 Å². The summed E-state index contributed by atoms with van der Waals surface area (Å²) in [7, 11) is 0. The molecule has 2 heterocycles. The van der Waals surface area contributed by atoms with Gasteiger partial charge in [0, 0.05) is 50.6 Å². The summed E-state index contributed by atoms with van der Waals surface area (Å²) in [6.07, 6.45) is 1.94. The SMILES string of the molecule is CCOC(=O)C1CCCN(CCSN2CCN(C(=O)COc3cc(Cl)c(Cl)cc3Cl)[C@@H](C)C2)C1. The second-order valence-electron chi connectivity index (χ2n) is 8.53. The van der Waals surface area contributed by atoms with Crippen LogP contribution in [0.3, 0.4) is 0 Å². The van der Waals surface area contributed by atoms with Crippen molar-refractivity contribution in [3.05, 3.63) is 27.2 Å². The topological polar surface area (TPSA) is 62.3 Å². The van der Waals surface area contributed by atoms with Crippen molar-refractivity contribution < 1.29 is 19.1 Å². The highest BCUT2D eigenvalue weighted by Gasteiger charge is 2.29. The number of ether oxygens (including phenoxy) is 2. The van der Waals surface area contributed by atoms with Gasteiger partial charge in [0.25, 0.3) is 5.91 Å². The van der Waals surface area contributed by atoms with Crippen LogP contribution < -0.4 is 4.74 Å². The second kappa shape index (κ2) is 13.4. The van der Waals surface area contributed by atoms with E-state index in [-0.39, 0.29) is 30.4 Å². The van der Waals surface area contributed by atoms with Gasteiger partial charge in [0.1, 0.15) is 5.75 Å². The average Bonchev–Trinajstić information content (AvgIpc) is 2.81. The van der Waals surface area contributed by atoms with Crippen molar-refractivity contribution >= 4 is 58.6 Å². The molecule has 2 fully saturated rings. The van der Waals surface area contributed by atoms with Gasteiger partial charge < -0.3 is 19.3 Å². The number of likely N-dealkylation sites (tertiary alicyclic amines) is 1. The van der Waals surface area contributed by atoms with E-state index in [4.69, 9.17) is 44.3 Å². The fraction of sp³-hybridized carbons (Fsp3) is 0.652. The average molecular weight is 553 g/mol. The van der Waals surface area contributed by atoms with E-state index in [0.717, 1.165) is 51.3 Å². The number of carbonyl (C=O) groups excluding carboxylic acids is 2. The predicted octanol–water partition coefficient (Wildman–Crippen LogP) is 4.48. The van der Waals surface area contributed by atoms with Gasteiger partial charge >= 0.3 is 5.97 Å². The minimum Gasteiger partial charge on any atom is -0.482 e. The number of hydrogen-bond acceptors (Lipinski definition) is 7. The molecule has 0 saturated carbocycles. The first-order valence-corrected chi connectivity index (χ1v) is 13.7. The molecule has 0 spiro atoms. The van der Waals surface area contributed by atoms with Gasteiger partial charge in [-0.05, 0) is 39.3 Å². The number of rotatable bonds is 9. The van der Waals surface area contributed by atoms with Crippen LogP contribution in [-0.4, -0.2) is 90.3 Å². The largest absolute Gasteiger partial charge is 0.482 e. The summed E-state index contributed by atoms with van der Waals surface area (Å²) in [4.78, 5) is 29.0. The Kier molecular flexibility index (Phi) is 10.9. The zero-order valence-electron chi connectivity index (χ0n) is 19.6. The third kappa shape index (κ3) is 7.80. The van der Waals surface area contributed by atoms with Crippen molar-refractivity contribution in [1.82, 2.24) is 14.1 Å². The highest BCUT2D eigenvalue weighted by Crippen LogP contribution is 2.34. The van der Waals surface area contributed by atoms with Gasteiger partial charge in [0.2, 0.25) is 0 Å². The van der Waals surface area contributed by atoms with Crippen LogP contribution in [0, 0.1) is 5.92 Å². The molecule has 2 aliphatic heterocycles. The van der Waals surface area contributed by atoms with Crippen LogP contribution in [0.1, 0.15) is 26.7 Å². The van der Waals surface area contributed by atoms with Crippen molar-refractivity contribution in [2.24, 2.45) is 5.92 Å². The summed E-state index contributed by atoms with van der Waals surface area (Å²) < 4.78 is 13.1. The molecule has 34 heavy (non-hydrogen) atoms. The molecule has 2 saturated heterocycles. The molecule has 0 aromatic heterocycles. The molecule has 2 aliphatic rings. The molecule has 0 N–H and O–H groups in total. The molecule has 1 aromatic carbocycles. The molecule has 7 nitrogen and oxygen atoms in total. The monoisotopic (exact) mass is 551 g/mol. The molecule has 1 aromatic rings. The third-order valence-electron chi connectivity index (χ3n) is 6.04. The summed E-state index contributed by atoms with van der Waals surface area (Å²) in [6.45, 7) is 9.19. The molecule has 190 valence electrons.